The number of hydrogen-bond donors (Lipinski definition) is 3. The standard InChI is InChI=1S/C18H20N2O5S2/c1-11(18(22)23)19-17(21)16-9-14(26)10-20(16)27(24,25)15-7-6-12-4-2-3-5-13(12)8-15/h2-8,11,14,16,26H,9-10H2,1H3,(H,19,21)(H,22,23)/t11?,14-,16-/m0/s1. The molecule has 1 heterocycles. The fraction of sp³-hybridized carbons (Fsp3) is 0.333. The van der Waals surface area contributed by atoms with E-state index in [9.17, 15) is 18.0 Å². The van der Waals surface area contributed by atoms with Crippen molar-refractivity contribution in [2.24, 2.45) is 0 Å². The maximum atomic E-state index is 13.2. The molecule has 1 saturated heterocycles. The molecule has 0 aliphatic carbocycles. The second-order valence-corrected chi connectivity index (χ2v) is 9.18. The Kier molecular flexibility index (Phi) is 5.45. The molecule has 144 valence electrons. The van der Waals surface area contributed by atoms with Crippen molar-refractivity contribution in [3.63, 3.8) is 0 Å². The first-order valence-electron chi connectivity index (χ1n) is 8.42. The maximum absolute atomic E-state index is 13.2. The molecule has 3 atom stereocenters. The van der Waals surface area contributed by atoms with Gasteiger partial charge in [-0.15, -0.1) is 0 Å². The largest absolute Gasteiger partial charge is 0.480 e. The molecule has 2 N–H and O–H groups in total. The van der Waals surface area contributed by atoms with E-state index >= 15 is 0 Å². The molecule has 1 fully saturated rings. The lowest BCUT2D eigenvalue weighted by Crippen LogP contribution is -2.49. The van der Waals surface area contributed by atoms with Crippen LogP contribution in [0, 0.1) is 0 Å². The number of carboxylic acid groups (broad SMARTS) is 1. The van der Waals surface area contributed by atoms with E-state index < -0.39 is 34.0 Å². The summed E-state index contributed by atoms with van der Waals surface area (Å²) in [4.78, 5) is 23.6. The first-order valence-corrected chi connectivity index (χ1v) is 10.4. The minimum Gasteiger partial charge on any atom is -0.480 e. The van der Waals surface area contributed by atoms with Gasteiger partial charge in [-0.1, -0.05) is 30.3 Å². The molecule has 2 aromatic rings. The molecular weight excluding hydrogens is 388 g/mol. The normalized spacial score (nSPS) is 21.9. The first-order chi connectivity index (χ1) is 12.7. The van der Waals surface area contributed by atoms with E-state index in [0.717, 1.165) is 15.1 Å². The monoisotopic (exact) mass is 408 g/mol. The third-order valence-corrected chi connectivity index (χ3v) is 6.84. The first kappa shape index (κ1) is 19.7. The predicted octanol–water partition coefficient (Wildman–Crippen LogP) is 1.49. The second kappa shape index (κ2) is 7.49. The van der Waals surface area contributed by atoms with Crippen LogP contribution in [0.15, 0.2) is 47.4 Å². The Labute approximate surface area is 162 Å². The molecule has 0 bridgehead atoms. The number of nitrogens with one attached hydrogen (secondary N) is 1. The highest BCUT2D eigenvalue weighted by Gasteiger charge is 2.43. The van der Waals surface area contributed by atoms with E-state index in [0.29, 0.717) is 0 Å². The van der Waals surface area contributed by atoms with Gasteiger partial charge >= 0.3 is 5.97 Å². The van der Waals surface area contributed by atoms with Crippen molar-refractivity contribution in [1.82, 2.24) is 9.62 Å². The van der Waals surface area contributed by atoms with Gasteiger partial charge in [0.2, 0.25) is 15.9 Å². The van der Waals surface area contributed by atoms with Crippen molar-refractivity contribution in [2.45, 2.75) is 35.6 Å². The highest BCUT2D eigenvalue weighted by molar-refractivity contribution is 7.89. The van der Waals surface area contributed by atoms with Crippen LogP contribution in [0.4, 0.5) is 0 Å². The molecule has 27 heavy (non-hydrogen) atoms. The highest BCUT2D eigenvalue weighted by atomic mass is 32.2. The summed E-state index contributed by atoms with van der Waals surface area (Å²) in [5, 5.41) is 12.7. The Bertz CT molecular complexity index is 992. The molecule has 1 aliphatic rings. The molecule has 1 aliphatic heterocycles. The van der Waals surface area contributed by atoms with Gasteiger partial charge in [0.15, 0.2) is 0 Å². The molecule has 7 nitrogen and oxygen atoms in total. The van der Waals surface area contributed by atoms with Crippen LogP contribution < -0.4 is 5.32 Å². The van der Waals surface area contributed by atoms with Crippen molar-refractivity contribution in [3.8, 4) is 0 Å². The Morgan fingerprint density at radius 2 is 1.89 bits per heavy atom. The van der Waals surface area contributed by atoms with Crippen LogP contribution in [-0.4, -0.2) is 53.6 Å². The van der Waals surface area contributed by atoms with Gasteiger partial charge in [-0.3, -0.25) is 9.59 Å². The van der Waals surface area contributed by atoms with Crippen LogP contribution in [0.25, 0.3) is 10.8 Å². The number of hydrogen-bond acceptors (Lipinski definition) is 5. The predicted molar refractivity (Wildman–Crippen MR) is 104 cm³/mol. The number of benzene rings is 2. The van der Waals surface area contributed by atoms with E-state index in [1.54, 1.807) is 12.1 Å². The van der Waals surface area contributed by atoms with Crippen LogP contribution in [0.1, 0.15) is 13.3 Å². The van der Waals surface area contributed by atoms with Gasteiger partial charge in [-0.05, 0) is 36.2 Å². The van der Waals surface area contributed by atoms with Gasteiger partial charge in [-0.2, -0.15) is 16.9 Å². The van der Waals surface area contributed by atoms with Crippen molar-refractivity contribution in [2.75, 3.05) is 6.54 Å². The molecule has 1 unspecified atom stereocenters. The minimum absolute atomic E-state index is 0.0812. The zero-order chi connectivity index (χ0) is 19.8. The summed E-state index contributed by atoms with van der Waals surface area (Å²) in [6.45, 7) is 1.41. The van der Waals surface area contributed by atoms with Gasteiger partial charge < -0.3 is 10.4 Å². The van der Waals surface area contributed by atoms with E-state index in [2.05, 4.69) is 17.9 Å². The number of nitrogens with zero attached hydrogens (tertiary/aromatic N) is 1. The van der Waals surface area contributed by atoms with Crippen molar-refractivity contribution in [1.29, 1.82) is 0 Å². The van der Waals surface area contributed by atoms with E-state index in [-0.39, 0.29) is 23.1 Å². The van der Waals surface area contributed by atoms with Crippen molar-refractivity contribution in [3.05, 3.63) is 42.5 Å². The zero-order valence-corrected chi connectivity index (χ0v) is 16.3. The van der Waals surface area contributed by atoms with Gasteiger partial charge in [0.25, 0.3) is 0 Å². The molecule has 3 rings (SSSR count). The number of amides is 1. The van der Waals surface area contributed by atoms with E-state index in [1.807, 2.05) is 24.3 Å². The summed E-state index contributed by atoms with van der Waals surface area (Å²) < 4.78 is 27.4. The van der Waals surface area contributed by atoms with Gasteiger partial charge in [0, 0.05) is 11.8 Å². The van der Waals surface area contributed by atoms with Crippen LogP contribution in [-0.2, 0) is 19.6 Å². The smallest absolute Gasteiger partial charge is 0.325 e. The number of thiol groups is 1. The lowest BCUT2D eigenvalue weighted by molar-refractivity contribution is -0.141. The van der Waals surface area contributed by atoms with Crippen LogP contribution in [0.2, 0.25) is 0 Å². The third-order valence-electron chi connectivity index (χ3n) is 4.59. The summed E-state index contributed by atoms with van der Waals surface area (Å²) in [6.07, 6.45) is 0.216. The number of sulfonamides is 1. The molecular formula is C18H20N2O5S2. The zero-order valence-electron chi connectivity index (χ0n) is 14.6. The maximum Gasteiger partial charge on any atom is 0.325 e. The average Bonchev–Trinajstić information content (AvgIpc) is 3.04. The number of carbonyl (C=O) groups excluding carboxylic acids is 1. The number of fused-ring (bicyclic) bond motifs is 1. The Hall–Kier alpha value is -2.10. The lowest BCUT2D eigenvalue weighted by atomic mass is 10.1. The second-order valence-electron chi connectivity index (χ2n) is 6.56. The molecule has 0 spiro atoms. The number of aliphatic carboxylic acids is 1. The molecule has 0 radical (unpaired) electrons. The van der Waals surface area contributed by atoms with Crippen LogP contribution >= 0.6 is 12.6 Å². The molecule has 2 aromatic carbocycles. The molecule has 9 heteroatoms. The topological polar surface area (TPSA) is 104 Å². The highest BCUT2D eigenvalue weighted by Crippen LogP contribution is 2.30. The fourth-order valence-electron chi connectivity index (χ4n) is 3.12. The summed E-state index contributed by atoms with van der Waals surface area (Å²) in [6, 6.07) is 10.1. The SMILES string of the molecule is CC(NC(=O)[C@@H]1C[C@H](S)CN1S(=O)(=O)c1ccc2ccccc2c1)C(=O)O. The van der Waals surface area contributed by atoms with Crippen molar-refractivity contribution >= 4 is 45.3 Å². The number of carbonyl (C=O) groups is 2. The fourth-order valence-corrected chi connectivity index (χ4v) is 5.29. The third kappa shape index (κ3) is 3.95. The molecule has 0 aromatic heterocycles. The Morgan fingerprint density at radius 1 is 1.22 bits per heavy atom. The van der Waals surface area contributed by atoms with Crippen LogP contribution in [0.3, 0.4) is 0 Å². The summed E-state index contributed by atoms with van der Waals surface area (Å²) in [5.74, 6) is -1.82. The summed E-state index contributed by atoms with van der Waals surface area (Å²) in [5.41, 5.74) is 0. The Balaban J connectivity index is 1.92. The lowest BCUT2D eigenvalue weighted by Gasteiger charge is -2.24. The summed E-state index contributed by atoms with van der Waals surface area (Å²) in [7, 11) is -3.94. The van der Waals surface area contributed by atoms with Gasteiger partial charge in [0.05, 0.1) is 4.90 Å². The number of rotatable bonds is 5. The van der Waals surface area contributed by atoms with E-state index in [4.69, 9.17) is 5.11 Å². The Morgan fingerprint density at radius 3 is 2.56 bits per heavy atom. The van der Waals surface area contributed by atoms with Gasteiger partial charge in [0.1, 0.15) is 12.1 Å². The quantitative estimate of drug-likeness (QED) is 0.651. The minimum atomic E-state index is -3.94. The molecule has 1 amide bonds. The number of carboxylic acids is 1. The van der Waals surface area contributed by atoms with Crippen LogP contribution in [0.5, 0.6) is 0 Å². The molecule has 0 saturated carbocycles. The van der Waals surface area contributed by atoms with E-state index in [1.165, 1.54) is 13.0 Å². The van der Waals surface area contributed by atoms with Crippen molar-refractivity contribution < 1.29 is 23.1 Å². The van der Waals surface area contributed by atoms with Gasteiger partial charge in [-0.25, -0.2) is 8.42 Å². The average molecular weight is 409 g/mol. The summed E-state index contributed by atoms with van der Waals surface area (Å²) >= 11 is 4.34.